The smallest absolute Gasteiger partial charge is 0.326 e. The molecule has 4 aromatic rings. The number of nitrogens with zero attached hydrogens (tertiary/aromatic N) is 3. The number of nitrogens with one attached hydrogen (secondary N) is 1. The van der Waals surface area contributed by atoms with Crippen molar-refractivity contribution in [2.24, 2.45) is 0 Å². The maximum atomic E-state index is 12.4. The molecule has 4 rings (SSSR count). The molecular formula is C23H21ClN4O3. The highest BCUT2D eigenvalue weighted by Crippen LogP contribution is 2.23. The first-order valence-corrected chi connectivity index (χ1v) is 10.1. The third-order valence-electron chi connectivity index (χ3n) is 4.96. The Morgan fingerprint density at radius 3 is 2.65 bits per heavy atom. The minimum absolute atomic E-state index is 0.0128. The number of carbonyl (C=O) groups is 2. The number of esters is 1. The van der Waals surface area contributed by atoms with Crippen molar-refractivity contribution in [1.82, 2.24) is 14.3 Å². The molecule has 0 spiro atoms. The second-order valence-electron chi connectivity index (χ2n) is 7.15. The van der Waals surface area contributed by atoms with Crippen LogP contribution in [0.1, 0.15) is 11.4 Å². The number of hydrogen-bond acceptors (Lipinski definition) is 4. The number of amides is 1. The predicted octanol–water partition coefficient (Wildman–Crippen LogP) is 4.28. The van der Waals surface area contributed by atoms with Gasteiger partial charge in [0.2, 0.25) is 0 Å². The molecule has 2 heterocycles. The highest BCUT2D eigenvalue weighted by Gasteiger charge is 2.16. The molecule has 0 radical (unpaired) electrons. The first kappa shape index (κ1) is 20.7. The molecule has 0 bridgehead atoms. The second kappa shape index (κ2) is 8.65. The van der Waals surface area contributed by atoms with Crippen LogP contribution in [0.4, 0.5) is 5.69 Å². The van der Waals surface area contributed by atoms with Crippen molar-refractivity contribution in [3.63, 3.8) is 0 Å². The number of aromatic nitrogens is 3. The maximum absolute atomic E-state index is 12.4. The van der Waals surface area contributed by atoms with E-state index >= 15 is 0 Å². The topological polar surface area (TPSA) is 78.2 Å². The third kappa shape index (κ3) is 4.46. The van der Waals surface area contributed by atoms with E-state index in [1.807, 2.05) is 56.3 Å². The van der Waals surface area contributed by atoms with Crippen molar-refractivity contribution in [1.29, 1.82) is 0 Å². The number of hydrogen-bond donors (Lipinski definition) is 1. The van der Waals surface area contributed by atoms with Gasteiger partial charge in [-0.1, -0.05) is 35.9 Å². The Labute approximate surface area is 184 Å². The van der Waals surface area contributed by atoms with Crippen LogP contribution < -0.4 is 5.32 Å². The summed E-state index contributed by atoms with van der Waals surface area (Å²) in [6.45, 7) is 3.29. The molecule has 7 nitrogen and oxygen atoms in total. The van der Waals surface area contributed by atoms with E-state index in [2.05, 4.69) is 10.4 Å². The van der Waals surface area contributed by atoms with Crippen LogP contribution >= 0.6 is 11.6 Å². The maximum Gasteiger partial charge on any atom is 0.326 e. The van der Waals surface area contributed by atoms with Crippen LogP contribution in [0, 0.1) is 13.8 Å². The van der Waals surface area contributed by atoms with Crippen LogP contribution in [-0.2, 0) is 20.9 Å². The van der Waals surface area contributed by atoms with Crippen LogP contribution in [-0.4, -0.2) is 32.8 Å². The summed E-state index contributed by atoms with van der Waals surface area (Å²) < 4.78 is 8.67. The Morgan fingerprint density at radius 2 is 1.87 bits per heavy atom. The summed E-state index contributed by atoms with van der Waals surface area (Å²) >= 11 is 6.04. The largest absolute Gasteiger partial charge is 0.454 e. The van der Waals surface area contributed by atoms with Crippen molar-refractivity contribution >= 4 is 40.1 Å². The lowest BCUT2D eigenvalue weighted by atomic mass is 10.2. The Morgan fingerprint density at radius 1 is 1.10 bits per heavy atom. The van der Waals surface area contributed by atoms with Crippen molar-refractivity contribution in [3.05, 3.63) is 77.2 Å². The zero-order valence-electron chi connectivity index (χ0n) is 17.1. The number of benzene rings is 2. The minimum atomic E-state index is -0.513. The van der Waals surface area contributed by atoms with Crippen LogP contribution in [0.25, 0.3) is 16.6 Å². The highest BCUT2D eigenvalue weighted by molar-refractivity contribution is 6.31. The molecule has 158 valence electrons. The summed E-state index contributed by atoms with van der Waals surface area (Å²) in [5.41, 5.74) is 3.80. The van der Waals surface area contributed by atoms with Crippen molar-refractivity contribution in [2.45, 2.75) is 20.4 Å². The average Bonchev–Trinajstić information content (AvgIpc) is 3.28. The predicted molar refractivity (Wildman–Crippen MR) is 120 cm³/mol. The summed E-state index contributed by atoms with van der Waals surface area (Å²) in [4.78, 5) is 24.6. The van der Waals surface area contributed by atoms with Gasteiger partial charge in [0.05, 0.1) is 28.3 Å². The third-order valence-corrected chi connectivity index (χ3v) is 5.19. The Kier molecular flexibility index (Phi) is 5.77. The van der Waals surface area contributed by atoms with Crippen LogP contribution in [0.2, 0.25) is 5.02 Å². The minimum Gasteiger partial charge on any atom is -0.454 e. The standard InChI is InChI=1S/C23H21ClN4O3/c1-15-23(16(2)28(26-15)19-6-4-3-5-7-19)25-21(29)14-31-22(30)13-27-11-10-17-8-9-18(24)12-20(17)27/h3-12H,13-14H2,1-2H3,(H,25,29). The lowest BCUT2D eigenvalue weighted by Crippen LogP contribution is -2.23. The van der Waals surface area contributed by atoms with Crippen LogP contribution in [0.5, 0.6) is 0 Å². The monoisotopic (exact) mass is 436 g/mol. The lowest BCUT2D eigenvalue weighted by molar-refractivity contribution is -0.147. The second-order valence-corrected chi connectivity index (χ2v) is 7.59. The fourth-order valence-corrected chi connectivity index (χ4v) is 3.61. The Bertz CT molecular complexity index is 1260. The van der Waals surface area contributed by atoms with Gasteiger partial charge in [-0.05, 0) is 49.6 Å². The van der Waals surface area contributed by atoms with Crippen molar-refractivity contribution in [2.75, 3.05) is 11.9 Å². The van der Waals surface area contributed by atoms with Gasteiger partial charge >= 0.3 is 5.97 Å². The molecular weight excluding hydrogens is 416 g/mol. The molecule has 0 atom stereocenters. The number of anilines is 1. The van der Waals surface area contributed by atoms with Gasteiger partial charge in [0.15, 0.2) is 6.61 Å². The van der Waals surface area contributed by atoms with Gasteiger partial charge < -0.3 is 14.6 Å². The van der Waals surface area contributed by atoms with Crippen molar-refractivity contribution < 1.29 is 14.3 Å². The fourth-order valence-electron chi connectivity index (χ4n) is 3.45. The molecule has 2 aromatic carbocycles. The van der Waals surface area contributed by atoms with E-state index in [4.69, 9.17) is 16.3 Å². The zero-order valence-corrected chi connectivity index (χ0v) is 17.9. The van der Waals surface area contributed by atoms with Gasteiger partial charge in [0, 0.05) is 11.2 Å². The van der Waals surface area contributed by atoms with Gasteiger partial charge in [-0.2, -0.15) is 5.10 Å². The number of aryl methyl sites for hydroxylation is 1. The van der Waals surface area contributed by atoms with Gasteiger partial charge in [-0.3, -0.25) is 9.59 Å². The lowest BCUT2D eigenvalue weighted by Gasteiger charge is -2.09. The van der Waals surface area contributed by atoms with Gasteiger partial charge in [-0.25, -0.2) is 4.68 Å². The SMILES string of the molecule is Cc1nn(-c2ccccc2)c(C)c1NC(=O)COC(=O)Cn1ccc2ccc(Cl)cc21. The molecule has 2 aromatic heterocycles. The zero-order chi connectivity index (χ0) is 22.0. The molecule has 0 fully saturated rings. The molecule has 8 heteroatoms. The van der Waals surface area contributed by atoms with E-state index in [9.17, 15) is 9.59 Å². The molecule has 0 saturated heterocycles. The van der Waals surface area contributed by atoms with Crippen LogP contribution in [0.3, 0.4) is 0 Å². The quantitative estimate of drug-likeness (QED) is 0.457. The van der Waals surface area contributed by atoms with Gasteiger partial charge in [0.25, 0.3) is 5.91 Å². The van der Waals surface area contributed by atoms with Crippen molar-refractivity contribution in [3.8, 4) is 5.69 Å². The first-order chi connectivity index (χ1) is 14.9. The van der Waals surface area contributed by atoms with E-state index in [-0.39, 0.29) is 13.2 Å². The Hall–Kier alpha value is -3.58. The van der Waals surface area contributed by atoms with E-state index in [1.165, 1.54) is 0 Å². The number of halogens is 1. The normalized spacial score (nSPS) is 10.9. The molecule has 31 heavy (non-hydrogen) atoms. The molecule has 1 N–H and O–H groups in total. The molecule has 0 aliphatic carbocycles. The molecule has 1 amide bonds. The Balaban J connectivity index is 1.38. The average molecular weight is 437 g/mol. The van der Waals surface area contributed by atoms with Crippen LogP contribution in [0.15, 0.2) is 60.8 Å². The van der Waals surface area contributed by atoms with E-state index in [0.29, 0.717) is 16.4 Å². The fraction of sp³-hybridized carbons (Fsp3) is 0.174. The summed E-state index contributed by atoms with van der Waals surface area (Å²) in [5.74, 6) is -0.936. The number of rotatable bonds is 6. The summed E-state index contributed by atoms with van der Waals surface area (Å²) in [6.07, 6.45) is 1.78. The van der Waals surface area contributed by atoms with Gasteiger partial charge in [0.1, 0.15) is 6.54 Å². The summed E-state index contributed by atoms with van der Waals surface area (Å²) in [7, 11) is 0. The molecule has 0 saturated carbocycles. The number of ether oxygens (including phenoxy) is 1. The van der Waals surface area contributed by atoms with E-state index in [1.54, 1.807) is 27.6 Å². The summed E-state index contributed by atoms with van der Waals surface area (Å²) in [6, 6.07) is 17.0. The molecule has 0 aliphatic rings. The number of carbonyl (C=O) groups excluding carboxylic acids is 2. The van der Waals surface area contributed by atoms with Gasteiger partial charge in [-0.15, -0.1) is 0 Å². The summed E-state index contributed by atoms with van der Waals surface area (Å²) in [5, 5.41) is 8.84. The number of para-hydroxylation sites is 1. The first-order valence-electron chi connectivity index (χ1n) is 9.74. The van der Waals surface area contributed by atoms with E-state index < -0.39 is 11.9 Å². The molecule has 0 unspecified atom stereocenters. The van der Waals surface area contributed by atoms with E-state index in [0.717, 1.165) is 22.3 Å². The molecule has 0 aliphatic heterocycles. The highest BCUT2D eigenvalue weighted by atomic mass is 35.5. The number of fused-ring (bicyclic) bond motifs is 1.